The zero-order valence-corrected chi connectivity index (χ0v) is 17.8. The maximum absolute atomic E-state index is 12.7. The minimum Gasteiger partial charge on any atom is -0.496 e. The lowest BCUT2D eigenvalue weighted by molar-refractivity contribution is 0.102. The third-order valence-electron chi connectivity index (χ3n) is 4.16. The fourth-order valence-corrected chi connectivity index (χ4v) is 3.85. The Morgan fingerprint density at radius 2 is 1.82 bits per heavy atom. The highest BCUT2D eigenvalue weighted by molar-refractivity contribution is 7.98. The van der Waals surface area contributed by atoms with Crippen molar-refractivity contribution in [2.24, 2.45) is 0 Å². The van der Waals surface area contributed by atoms with Gasteiger partial charge in [0, 0.05) is 21.8 Å². The Labute approximate surface area is 179 Å². The summed E-state index contributed by atoms with van der Waals surface area (Å²) in [5.74, 6) is 1.18. The van der Waals surface area contributed by atoms with Gasteiger partial charge in [0.05, 0.1) is 22.8 Å². The number of ether oxygens (including phenoxy) is 1. The summed E-state index contributed by atoms with van der Waals surface area (Å²) in [4.78, 5) is 13.8. The van der Waals surface area contributed by atoms with Gasteiger partial charge in [-0.05, 0) is 49.4 Å². The normalized spacial score (nSPS) is 10.6. The molecule has 0 heterocycles. The second-order valence-corrected chi connectivity index (χ2v) is 8.02. The summed E-state index contributed by atoms with van der Waals surface area (Å²) in [6, 6.07) is 18.8. The first-order chi connectivity index (χ1) is 13.5. The molecule has 3 rings (SSSR count). The van der Waals surface area contributed by atoms with E-state index in [9.17, 15) is 4.79 Å². The Balaban J connectivity index is 1.78. The number of methoxy groups -OCH3 is 1. The van der Waals surface area contributed by atoms with Gasteiger partial charge < -0.3 is 10.1 Å². The van der Waals surface area contributed by atoms with Gasteiger partial charge in [-0.2, -0.15) is 0 Å². The largest absolute Gasteiger partial charge is 0.496 e. The molecule has 0 aliphatic rings. The molecule has 1 N–H and O–H groups in total. The van der Waals surface area contributed by atoms with Crippen molar-refractivity contribution in [3.8, 4) is 5.75 Å². The Morgan fingerprint density at radius 3 is 2.54 bits per heavy atom. The van der Waals surface area contributed by atoms with Crippen LogP contribution in [0, 0.1) is 6.92 Å². The highest BCUT2D eigenvalue weighted by Gasteiger charge is 2.13. The van der Waals surface area contributed by atoms with Crippen LogP contribution in [-0.2, 0) is 5.75 Å². The molecule has 0 aliphatic heterocycles. The van der Waals surface area contributed by atoms with Crippen molar-refractivity contribution in [3.05, 3.63) is 87.4 Å². The fourth-order valence-electron chi connectivity index (χ4n) is 2.62. The van der Waals surface area contributed by atoms with Gasteiger partial charge in [0.1, 0.15) is 5.75 Å². The van der Waals surface area contributed by atoms with E-state index in [0.29, 0.717) is 27.0 Å². The molecule has 0 saturated carbocycles. The summed E-state index contributed by atoms with van der Waals surface area (Å²) >= 11 is 13.9. The number of benzene rings is 3. The molecule has 0 saturated heterocycles. The number of thioether (sulfide) groups is 1. The van der Waals surface area contributed by atoms with E-state index >= 15 is 0 Å². The van der Waals surface area contributed by atoms with Crippen molar-refractivity contribution in [2.75, 3.05) is 12.4 Å². The van der Waals surface area contributed by atoms with Gasteiger partial charge in [-0.3, -0.25) is 4.79 Å². The van der Waals surface area contributed by atoms with Gasteiger partial charge >= 0.3 is 0 Å². The molecule has 0 bridgehead atoms. The fraction of sp³-hybridized carbons (Fsp3) is 0.136. The number of carbonyl (C=O) groups is 1. The van der Waals surface area contributed by atoms with E-state index in [0.717, 1.165) is 16.2 Å². The van der Waals surface area contributed by atoms with E-state index in [1.165, 1.54) is 5.56 Å². The monoisotopic (exact) mass is 431 g/mol. The maximum Gasteiger partial charge on any atom is 0.255 e. The average Bonchev–Trinajstić information content (AvgIpc) is 2.70. The number of rotatable bonds is 6. The number of halogens is 2. The molecule has 0 unspecified atom stereocenters. The molecular formula is C22H19Cl2NO2S. The minimum atomic E-state index is -0.256. The zero-order valence-electron chi connectivity index (χ0n) is 15.5. The van der Waals surface area contributed by atoms with Crippen LogP contribution in [-0.4, -0.2) is 13.0 Å². The van der Waals surface area contributed by atoms with Gasteiger partial charge in [-0.1, -0.05) is 47.0 Å². The smallest absolute Gasteiger partial charge is 0.255 e. The summed E-state index contributed by atoms with van der Waals surface area (Å²) in [5, 5.41) is 3.52. The number of aryl methyl sites for hydroxylation is 1. The first-order valence-corrected chi connectivity index (χ1v) is 10.3. The van der Waals surface area contributed by atoms with E-state index in [-0.39, 0.29) is 5.91 Å². The van der Waals surface area contributed by atoms with E-state index in [1.54, 1.807) is 49.2 Å². The number of hydrogen-bond donors (Lipinski definition) is 1. The Kier molecular flexibility index (Phi) is 6.89. The second kappa shape index (κ2) is 9.37. The van der Waals surface area contributed by atoms with Gasteiger partial charge in [0.25, 0.3) is 5.91 Å². The van der Waals surface area contributed by atoms with Crippen LogP contribution in [0.1, 0.15) is 21.5 Å². The van der Waals surface area contributed by atoms with Crippen molar-refractivity contribution in [1.82, 2.24) is 0 Å². The quantitative estimate of drug-likeness (QED) is 0.433. The molecule has 1 amide bonds. The van der Waals surface area contributed by atoms with Crippen molar-refractivity contribution < 1.29 is 9.53 Å². The van der Waals surface area contributed by atoms with E-state index in [2.05, 4.69) is 36.5 Å². The molecule has 3 aromatic rings. The second-order valence-electron chi connectivity index (χ2n) is 6.18. The minimum absolute atomic E-state index is 0.256. The first kappa shape index (κ1) is 20.6. The number of amides is 1. The Bertz CT molecular complexity index is 990. The van der Waals surface area contributed by atoms with Crippen LogP contribution in [0.3, 0.4) is 0 Å². The molecular weight excluding hydrogens is 413 g/mol. The molecule has 0 atom stereocenters. The lowest BCUT2D eigenvalue weighted by Crippen LogP contribution is -2.12. The van der Waals surface area contributed by atoms with Crippen molar-refractivity contribution >= 4 is 46.6 Å². The molecule has 0 aliphatic carbocycles. The van der Waals surface area contributed by atoms with E-state index in [4.69, 9.17) is 27.9 Å². The van der Waals surface area contributed by atoms with Gasteiger partial charge in [0.15, 0.2) is 0 Å². The van der Waals surface area contributed by atoms with E-state index < -0.39 is 0 Å². The summed E-state index contributed by atoms with van der Waals surface area (Å²) in [6.45, 7) is 2.06. The molecule has 28 heavy (non-hydrogen) atoms. The van der Waals surface area contributed by atoms with E-state index in [1.807, 2.05) is 6.07 Å². The van der Waals surface area contributed by atoms with Crippen LogP contribution in [0.4, 0.5) is 5.69 Å². The van der Waals surface area contributed by atoms with Crippen LogP contribution >= 0.6 is 35.0 Å². The number of anilines is 1. The topological polar surface area (TPSA) is 38.3 Å². The van der Waals surface area contributed by atoms with Crippen LogP contribution in [0.25, 0.3) is 0 Å². The predicted octanol–water partition coefficient (Wildman–Crippen LogP) is 6.86. The Morgan fingerprint density at radius 1 is 1.07 bits per heavy atom. The molecule has 0 aromatic heterocycles. The Hall–Kier alpha value is -2.14. The summed E-state index contributed by atoms with van der Waals surface area (Å²) in [5.41, 5.74) is 3.17. The molecule has 3 nitrogen and oxygen atoms in total. The lowest BCUT2D eigenvalue weighted by Gasteiger charge is -2.12. The number of carbonyl (C=O) groups excluding carboxylic acids is 1. The van der Waals surface area contributed by atoms with Crippen LogP contribution in [0.5, 0.6) is 5.75 Å². The average molecular weight is 432 g/mol. The number of nitrogens with one attached hydrogen (secondary N) is 1. The van der Waals surface area contributed by atoms with Gasteiger partial charge in [-0.25, -0.2) is 0 Å². The van der Waals surface area contributed by atoms with Crippen LogP contribution < -0.4 is 10.1 Å². The molecule has 0 fully saturated rings. The van der Waals surface area contributed by atoms with Crippen molar-refractivity contribution in [2.45, 2.75) is 17.6 Å². The lowest BCUT2D eigenvalue weighted by atomic mass is 10.1. The van der Waals surface area contributed by atoms with Gasteiger partial charge in [-0.15, -0.1) is 11.8 Å². The summed E-state index contributed by atoms with van der Waals surface area (Å²) in [6.07, 6.45) is 0. The SMILES string of the molecule is COc1ccc(C(=O)Nc2cccc(Cl)c2Cl)cc1CSc1ccc(C)cc1. The third-order valence-corrected chi connectivity index (χ3v) is 6.04. The standard InChI is InChI=1S/C22H19Cl2NO2S/c1-14-6-9-17(10-7-14)28-13-16-12-15(8-11-20(16)27-2)22(26)25-19-5-3-4-18(23)21(19)24/h3-12H,13H2,1-2H3,(H,25,26). The number of hydrogen-bond acceptors (Lipinski definition) is 3. The summed E-state index contributed by atoms with van der Waals surface area (Å²) < 4.78 is 5.46. The molecule has 6 heteroatoms. The predicted molar refractivity (Wildman–Crippen MR) is 118 cm³/mol. The van der Waals surface area contributed by atoms with Crippen LogP contribution in [0.2, 0.25) is 10.0 Å². The molecule has 3 aromatic carbocycles. The molecule has 144 valence electrons. The third kappa shape index (κ3) is 5.02. The van der Waals surface area contributed by atoms with Gasteiger partial charge in [0.2, 0.25) is 0 Å². The van der Waals surface area contributed by atoms with Crippen molar-refractivity contribution in [1.29, 1.82) is 0 Å². The maximum atomic E-state index is 12.7. The molecule has 0 radical (unpaired) electrons. The first-order valence-electron chi connectivity index (χ1n) is 8.59. The van der Waals surface area contributed by atoms with Crippen LogP contribution in [0.15, 0.2) is 65.6 Å². The zero-order chi connectivity index (χ0) is 20.1. The molecule has 0 spiro atoms. The summed E-state index contributed by atoms with van der Waals surface area (Å²) in [7, 11) is 1.63. The highest BCUT2D eigenvalue weighted by Crippen LogP contribution is 2.31. The van der Waals surface area contributed by atoms with Crippen molar-refractivity contribution in [3.63, 3.8) is 0 Å². The highest BCUT2D eigenvalue weighted by atomic mass is 35.5.